The lowest BCUT2D eigenvalue weighted by atomic mass is 10.2. The van der Waals surface area contributed by atoms with Gasteiger partial charge in [0.15, 0.2) is 5.13 Å². The summed E-state index contributed by atoms with van der Waals surface area (Å²) in [6.07, 6.45) is 1.57. The average Bonchev–Trinajstić information content (AvgIpc) is 3.09. The van der Waals surface area contributed by atoms with Crippen LogP contribution >= 0.6 is 34.3 Å². The molecule has 0 amide bonds. The van der Waals surface area contributed by atoms with Gasteiger partial charge in [0.2, 0.25) is 5.13 Å². The van der Waals surface area contributed by atoms with E-state index in [1.165, 1.54) is 17.4 Å². The number of aromatic nitrogens is 1. The van der Waals surface area contributed by atoms with Crippen molar-refractivity contribution in [2.24, 2.45) is 5.10 Å². The van der Waals surface area contributed by atoms with Gasteiger partial charge in [0.05, 0.1) is 16.8 Å². The molecule has 1 aromatic carbocycles. The Hall–Kier alpha value is -1.76. The van der Waals surface area contributed by atoms with Gasteiger partial charge in [-0.1, -0.05) is 23.7 Å². The minimum Gasteiger partial charge on any atom is -0.253 e. The second-order valence-corrected chi connectivity index (χ2v) is 6.42. The molecule has 3 nitrogen and oxygen atoms in total. The molecule has 0 saturated heterocycles. The zero-order chi connectivity index (χ0) is 14.7. The number of hydrogen-bond acceptors (Lipinski definition) is 5. The minimum absolute atomic E-state index is 0.226. The molecule has 0 saturated carbocycles. The van der Waals surface area contributed by atoms with Crippen molar-refractivity contribution in [2.45, 2.75) is 0 Å². The van der Waals surface area contributed by atoms with Gasteiger partial charge >= 0.3 is 0 Å². The standard InChI is InChI=1S/C14H9ClFN3S2/c15-10-3-1-9(2-4-10)12-8-20-14(18-12)19-17-7-11-5-6-13(16)21-11/h1-8H,(H,18,19)/b17-7-. The first-order chi connectivity index (χ1) is 10.2. The molecule has 106 valence electrons. The van der Waals surface area contributed by atoms with Gasteiger partial charge in [0.25, 0.3) is 0 Å². The van der Waals surface area contributed by atoms with E-state index in [2.05, 4.69) is 15.5 Å². The first kappa shape index (κ1) is 14.2. The number of rotatable bonds is 4. The van der Waals surface area contributed by atoms with E-state index in [0.29, 0.717) is 10.2 Å². The van der Waals surface area contributed by atoms with Crippen LogP contribution in [0.3, 0.4) is 0 Å². The van der Waals surface area contributed by atoms with Crippen molar-refractivity contribution in [2.75, 3.05) is 5.43 Å². The van der Waals surface area contributed by atoms with Gasteiger partial charge < -0.3 is 0 Å². The molecule has 0 aliphatic heterocycles. The molecule has 0 bridgehead atoms. The predicted octanol–water partition coefficient (Wildman–Crippen LogP) is 5.11. The van der Waals surface area contributed by atoms with Crippen LogP contribution in [0.25, 0.3) is 11.3 Å². The minimum atomic E-state index is -0.226. The van der Waals surface area contributed by atoms with Crippen molar-refractivity contribution in [3.8, 4) is 11.3 Å². The van der Waals surface area contributed by atoms with Gasteiger partial charge in [-0.25, -0.2) is 4.98 Å². The molecule has 0 fully saturated rings. The van der Waals surface area contributed by atoms with E-state index >= 15 is 0 Å². The molecule has 3 rings (SSSR count). The normalized spacial score (nSPS) is 11.1. The van der Waals surface area contributed by atoms with E-state index in [-0.39, 0.29) is 5.13 Å². The number of hydrogen-bond donors (Lipinski definition) is 1. The maximum absolute atomic E-state index is 12.8. The fourth-order valence-corrected chi connectivity index (χ4v) is 3.02. The SMILES string of the molecule is Fc1ccc(/C=N\Nc2nc(-c3ccc(Cl)cc3)cs2)s1. The summed E-state index contributed by atoms with van der Waals surface area (Å²) in [5, 5.41) is 7.12. The van der Waals surface area contributed by atoms with E-state index in [1.807, 2.05) is 29.6 Å². The van der Waals surface area contributed by atoms with Crippen LogP contribution in [0.4, 0.5) is 9.52 Å². The molecule has 0 aliphatic carbocycles. The molecule has 3 aromatic rings. The molecule has 0 atom stereocenters. The molecule has 21 heavy (non-hydrogen) atoms. The van der Waals surface area contributed by atoms with Gasteiger partial charge in [0.1, 0.15) is 0 Å². The quantitative estimate of drug-likeness (QED) is 0.530. The fourth-order valence-electron chi connectivity index (χ4n) is 1.63. The Bertz CT molecular complexity index is 765. The maximum Gasteiger partial charge on any atom is 0.203 e. The van der Waals surface area contributed by atoms with Crippen molar-refractivity contribution >= 4 is 45.6 Å². The predicted molar refractivity (Wildman–Crippen MR) is 88.1 cm³/mol. The monoisotopic (exact) mass is 337 g/mol. The summed E-state index contributed by atoms with van der Waals surface area (Å²) in [5.41, 5.74) is 4.69. The fraction of sp³-hybridized carbons (Fsp3) is 0. The first-order valence-electron chi connectivity index (χ1n) is 5.96. The van der Waals surface area contributed by atoms with Crippen molar-refractivity contribution in [1.29, 1.82) is 0 Å². The van der Waals surface area contributed by atoms with E-state index < -0.39 is 0 Å². The van der Waals surface area contributed by atoms with Crippen LogP contribution in [0.5, 0.6) is 0 Å². The summed E-state index contributed by atoms with van der Waals surface area (Å²) < 4.78 is 12.8. The highest BCUT2D eigenvalue weighted by molar-refractivity contribution is 7.14. The van der Waals surface area contributed by atoms with Crippen LogP contribution in [-0.2, 0) is 0 Å². The molecule has 0 spiro atoms. The molecular formula is C14H9ClFN3S2. The summed E-state index contributed by atoms with van der Waals surface area (Å²) in [6.45, 7) is 0. The molecule has 0 unspecified atom stereocenters. The van der Waals surface area contributed by atoms with Crippen LogP contribution < -0.4 is 5.43 Å². The van der Waals surface area contributed by atoms with E-state index in [1.54, 1.807) is 12.3 Å². The third kappa shape index (κ3) is 3.66. The van der Waals surface area contributed by atoms with Gasteiger partial charge in [-0.15, -0.1) is 22.7 Å². The van der Waals surface area contributed by atoms with Crippen molar-refractivity contribution < 1.29 is 4.39 Å². The Morgan fingerprint density at radius 1 is 1.19 bits per heavy atom. The molecule has 1 N–H and O–H groups in total. The summed E-state index contributed by atoms with van der Waals surface area (Å²) in [6, 6.07) is 10.6. The zero-order valence-electron chi connectivity index (χ0n) is 10.6. The lowest BCUT2D eigenvalue weighted by molar-refractivity contribution is 0.657. The van der Waals surface area contributed by atoms with Crippen LogP contribution in [0.2, 0.25) is 5.02 Å². The third-order valence-corrected chi connectivity index (χ3v) is 4.40. The van der Waals surface area contributed by atoms with E-state index in [9.17, 15) is 4.39 Å². The number of thiophene rings is 1. The van der Waals surface area contributed by atoms with Crippen LogP contribution in [0, 0.1) is 5.13 Å². The molecule has 2 aromatic heterocycles. The van der Waals surface area contributed by atoms with Crippen LogP contribution in [0.15, 0.2) is 46.9 Å². The Morgan fingerprint density at radius 2 is 2.00 bits per heavy atom. The number of thiazole rings is 1. The molecule has 7 heteroatoms. The van der Waals surface area contributed by atoms with Gasteiger partial charge in [0, 0.05) is 16.0 Å². The Balaban J connectivity index is 1.67. The number of benzene rings is 1. The largest absolute Gasteiger partial charge is 0.253 e. The first-order valence-corrected chi connectivity index (χ1v) is 8.04. The summed E-state index contributed by atoms with van der Waals surface area (Å²) in [4.78, 5) is 5.17. The highest BCUT2D eigenvalue weighted by Crippen LogP contribution is 2.25. The summed E-state index contributed by atoms with van der Waals surface area (Å²) in [5.74, 6) is 0. The summed E-state index contributed by atoms with van der Waals surface area (Å²) in [7, 11) is 0. The highest BCUT2D eigenvalue weighted by Gasteiger charge is 2.03. The number of hydrazone groups is 1. The Labute approximate surface area is 133 Å². The smallest absolute Gasteiger partial charge is 0.203 e. The number of nitrogens with zero attached hydrogens (tertiary/aromatic N) is 2. The third-order valence-electron chi connectivity index (χ3n) is 2.59. The second kappa shape index (κ2) is 6.34. The highest BCUT2D eigenvalue weighted by atomic mass is 35.5. The second-order valence-electron chi connectivity index (χ2n) is 4.06. The van der Waals surface area contributed by atoms with Crippen molar-refractivity contribution in [1.82, 2.24) is 4.98 Å². The Kier molecular flexibility index (Phi) is 4.28. The van der Waals surface area contributed by atoms with Crippen molar-refractivity contribution in [3.63, 3.8) is 0 Å². The van der Waals surface area contributed by atoms with E-state index in [0.717, 1.165) is 27.5 Å². The number of nitrogens with one attached hydrogen (secondary N) is 1. The van der Waals surface area contributed by atoms with Crippen LogP contribution in [0.1, 0.15) is 4.88 Å². The molecule has 0 aliphatic rings. The molecular weight excluding hydrogens is 329 g/mol. The topological polar surface area (TPSA) is 37.3 Å². The lowest BCUT2D eigenvalue weighted by Crippen LogP contribution is -1.88. The lowest BCUT2D eigenvalue weighted by Gasteiger charge is -1.96. The van der Waals surface area contributed by atoms with Crippen molar-refractivity contribution in [3.05, 3.63) is 56.8 Å². The zero-order valence-corrected chi connectivity index (χ0v) is 13.0. The maximum atomic E-state index is 12.8. The van der Waals surface area contributed by atoms with Crippen LogP contribution in [-0.4, -0.2) is 11.2 Å². The van der Waals surface area contributed by atoms with Gasteiger partial charge in [-0.05, 0) is 24.3 Å². The van der Waals surface area contributed by atoms with E-state index in [4.69, 9.17) is 11.6 Å². The number of anilines is 1. The summed E-state index contributed by atoms with van der Waals surface area (Å²) >= 11 is 8.35. The van der Waals surface area contributed by atoms with Gasteiger partial charge in [-0.3, -0.25) is 5.43 Å². The van der Waals surface area contributed by atoms with Gasteiger partial charge in [-0.2, -0.15) is 9.49 Å². The molecule has 2 heterocycles. The number of halogens is 2. The Morgan fingerprint density at radius 3 is 2.71 bits per heavy atom. The average molecular weight is 338 g/mol. The molecule has 0 radical (unpaired) electrons.